The average Bonchev–Trinajstić information content (AvgIpc) is 3.22. The van der Waals surface area contributed by atoms with Crippen molar-refractivity contribution in [3.8, 4) is 0 Å². The summed E-state index contributed by atoms with van der Waals surface area (Å²) in [6.45, 7) is 2.99. The number of aromatic nitrogens is 3. The Bertz CT molecular complexity index is 916. The molecular weight excluding hydrogens is 334 g/mol. The Morgan fingerprint density at radius 1 is 1.04 bits per heavy atom. The molecule has 1 aromatic carbocycles. The highest BCUT2D eigenvalue weighted by Crippen LogP contribution is 2.34. The number of halogens is 1. The van der Waals surface area contributed by atoms with E-state index in [0.29, 0.717) is 17.1 Å². The number of piperazine rings is 1. The Labute approximate surface area is 151 Å². The third-order valence-corrected chi connectivity index (χ3v) is 5.47. The van der Waals surface area contributed by atoms with Gasteiger partial charge in [0.2, 0.25) is 0 Å². The van der Waals surface area contributed by atoms with E-state index in [1.807, 2.05) is 36.7 Å². The molecular formula is C19H18ClN5. The van der Waals surface area contributed by atoms with E-state index in [2.05, 4.69) is 31.9 Å². The van der Waals surface area contributed by atoms with Gasteiger partial charge in [-0.2, -0.15) is 0 Å². The zero-order valence-electron chi connectivity index (χ0n) is 13.7. The summed E-state index contributed by atoms with van der Waals surface area (Å²) in [6.07, 6.45) is 4.93. The van der Waals surface area contributed by atoms with E-state index in [-0.39, 0.29) is 0 Å². The van der Waals surface area contributed by atoms with Crippen LogP contribution in [0.4, 0.5) is 5.82 Å². The van der Waals surface area contributed by atoms with Gasteiger partial charge in [-0.3, -0.25) is 14.9 Å². The fourth-order valence-corrected chi connectivity index (χ4v) is 4.20. The smallest absolute Gasteiger partial charge is 0.148 e. The number of fused-ring (bicyclic) bond motifs is 3. The molecule has 2 atom stereocenters. The lowest BCUT2D eigenvalue weighted by molar-refractivity contribution is 0.227. The minimum atomic E-state index is 0.507. The Balaban J connectivity index is 1.34. The van der Waals surface area contributed by atoms with E-state index < -0.39 is 0 Å². The van der Waals surface area contributed by atoms with Gasteiger partial charge in [-0.05, 0) is 36.8 Å². The lowest BCUT2D eigenvalue weighted by atomic mass is 10.2. The lowest BCUT2D eigenvalue weighted by Crippen LogP contribution is -2.46. The second-order valence-electron chi connectivity index (χ2n) is 6.81. The van der Waals surface area contributed by atoms with Crippen molar-refractivity contribution < 1.29 is 0 Å². The van der Waals surface area contributed by atoms with Crippen LogP contribution in [0.2, 0.25) is 5.02 Å². The quantitative estimate of drug-likeness (QED) is 0.725. The monoisotopic (exact) mass is 351 g/mol. The molecule has 0 saturated carbocycles. The van der Waals surface area contributed by atoms with Crippen molar-refractivity contribution in [3.63, 3.8) is 0 Å². The Kier molecular flexibility index (Phi) is 3.57. The molecule has 2 bridgehead atoms. The van der Waals surface area contributed by atoms with Gasteiger partial charge in [-0.1, -0.05) is 17.7 Å². The number of nitrogens with zero attached hydrogens (tertiary/aromatic N) is 5. The second-order valence-corrected chi connectivity index (χ2v) is 7.24. The highest BCUT2D eigenvalue weighted by atomic mass is 35.5. The summed E-state index contributed by atoms with van der Waals surface area (Å²) in [6, 6.07) is 12.9. The molecule has 126 valence electrons. The first-order chi connectivity index (χ1) is 12.3. The maximum absolute atomic E-state index is 6.03. The second kappa shape index (κ2) is 5.93. The number of hydrogen-bond acceptors (Lipinski definition) is 5. The average molecular weight is 352 g/mol. The first kappa shape index (κ1) is 15.0. The minimum absolute atomic E-state index is 0.507. The van der Waals surface area contributed by atoms with Crippen molar-refractivity contribution in [1.29, 1.82) is 0 Å². The Morgan fingerprint density at radius 2 is 2.00 bits per heavy atom. The number of anilines is 1. The lowest BCUT2D eigenvalue weighted by Gasteiger charge is -2.34. The van der Waals surface area contributed by atoms with Gasteiger partial charge in [-0.15, -0.1) is 0 Å². The van der Waals surface area contributed by atoms with E-state index in [1.54, 1.807) is 0 Å². The molecule has 5 rings (SSSR count). The SMILES string of the molecule is Clc1ccc2nc(N3CC4CC3CN4Cc3ccccn3)cnc2c1. The molecule has 2 fully saturated rings. The number of likely N-dealkylation sites (tertiary alicyclic amines) is 1. The summed E-state index contributed by atoms with van der Waals surface area (Å²) in [5.41, 5.74) is 2.89. The van der Waals surface area contributed by atoms with E-state index in [1.165, 1.54) is 6.42 Å². The summed E-state index contributed by atoms with van der Waals surface area (Å²) in [4.78, 5) is 18.7. The predicted molar refractivity (Wildman–Crippen MR) is 98.7 cm³/mol. The molecule has 0 spiro atoms. The van der Waals surface area contributed by atoms with Gasteiger partial charge in [0.1, 0.15) is 5.82 Å². The topological polar surface area (TPSA) is 45.2 Å². The molecule has 6 heteroatoms. The fourth-order valence-electron chi connectivity index (χ4n) is 4.04. The van der Waals surface area contributed by atoms with Crippen molar-refractivity contribution in [2.24, 2.45) is 0 Å². The molecule has 2 aliphatic heterocycles. The number of benzene rings is 1. The summed E-state index contributed by atoms with van der Waals surface area (Å²) < 4.78 is 0. The molecule has 5 nitrogen and oxygen atoms in total. The van der Waals surface area contributed by atoms with E-state index >= 15 is 0 Å². The standard InChI is InChI=1S/C19H18ClN5/c20-13-4-5-17-18(7-13)22-9-19(23-17)25-12-15-8-16(25)11-24(15)10-14-3-1-2-6-21-14/h1-7,9,15-16H,8,10-12H2. The van der Waals surface area contributed by atoms with Gasteiger partial charge in [0, 0.05) is 42.9 Å². The third kappa shape index (κ3) is 2.73. The van der Waals surface area contributed by atoms with Crippen LogP contribution in [0.3, 0.4) is 0 Å². The molecule has 2 saturated heterocycles. The largest absolute Gasteiger partial charge is 0.349 e. The Hall–Kier alpha value is -2.24. The van der Waals surface area contributed by atoms with Crippen molar-refractivity contribution in [2.75, 3.05) is 18.0 Å². The van der Waals surface area contributed by atoms with Crippen LogP contribution in [-0.2, 0) is 6.54 Å². The molecule has 0 amide bonds. The van der Waals surface area contributed by atoms with Crippen LogP contribution in [0.25, 0.3) is 11.0 Å². The van der Waals surface area contributed by atoms with Crippen molar-refractivity contribution in [2.45, 2.75) is 25.0 Å². The van der Waals surface area contributed by atoms with Crippen LogP contribution in [-0.4, -0.2) is 45.0 Å². The Morgan fingerprint density at radius 3 is 2.80 bits per heavy atom. The molecule has 2 aliphatic rings. The molecule has 2 unspecified atom stereocenters. The first-order valence-corrected chi connectivity index (χ1v) is 8.97. The number of hydrogen-bond donors (Lipinski definition) is 0. The summed E-state index contributed by atoms with van der Waals surface area (Å²) in [5.74, 6) is 0.972. The molecule has 25 heavy (non-hydrogen) atoms. The summed E-state index contributed by atoms with van der Waals surface area (Å²) in [5, 5.41) is 0.694. The van der Waals surface area contributed by atoms with Gasteiger partial charge in [0.15, 0.2) is 0 Å². The van der Waals surface area contributed by atoms with Crippen molar-refractivity contribution in [3.05, 3.63) is 59.5 Å². The van der Waals surface area contributed by atoms with E-state index in [0.717, 1.165) is 42.2 Å². The van der Waals surface area contributed by atoms with Crippen LogP contribution in [0.5, 0.6) is 0 Å². The van der Waals surface area contributed by atoms with Gasteiger partial charge in [-0.25, -0.2) is 4.98 Å². The van der Waals surface area contributed by atoms with Gasteiger partial charge >= 0.3 is 0 Å². The van der Waals surface area contributed by atoms with Crippen molar-refractivity contribution in [1.82, 2.24) is 19.9 Å². The van der Waals surface area contributed by atoms with Gasteiger partial charge < -0.3 is 4.90 Å². The molecule has 2 aromatic heterocycles. The first-order valence-electron chi connectivity index (χ1n) is 8.59. The van der Waals surface area contributed by atoms with Crippen LogP contribution >= 0.6 is 11.6 Å². The molecule has 0 aliphatic carbocycles. The number of pyridine rings is 1. The highest BCUT2D eigenvalue weighted by molar-refractivity contribution is 6.31. The maximum atomic E-state index is 6.03. The van der Waals surface area contributed by atoms with Crippen LogP contribution in [0, 0.1) is 0 Å². The zero-order valence-corrected chi connectivity index (χ0v) is 14.5. The van der Waals surface area contributed by atoms with E-state index in [4.69, 9.17) is 16.6 Å². The molecule has 3 aromatic rings. The predicted octanol–water partition coefficient (Wildman–Crippen LogP) is 3.14. The minimum Gasteiger partial charge on any atom is -0.349 e. The van der Waals surface area contributed by atoms with E-state index in [9.17, 15) is 0 Å². The highest BCUT2D eigenvalue weighted by Gasteiger charge is 2.43. The summed E-state index contributed by atoms with van der Waals surface area (Å²) in [7, 11) is 0. The normalized spacial score (nSPS) is 22.8. The fraction of sp³-hybridized carbons (Fsp3) is 0.316. The summed E-state index contributed by atoms with van der Waals surface area (Å²) >= 11 is 6.03. The van der Waals surface area contributed by atoms with Crippen LogP contribution in [0.15, 0.2) is 48.8 Å². The zero-order chi connectivity index (χ0) is 16.8. The molecule has 0 N–H and O–H groups in total. The third-order valence-electron chi connectivity index (χ3n) is 5.23. The molecule has 0 radical (unpaired) electrons. The van der Waals surface area contributed by atoms with Crippen LogP contribution < -0.4 is 4.90 Å². The van der Waals surface area contributed by atoms with Gasteiger partial charge in [0.25, 0.3) is 0 Å². The molecule has 4 heterocycles. The maximum Gasteiger partial charge on any atom is 0.148 e. The van der Waals surface area contributed by atoms with Crippen molar-refractivity contribution >= 4 is 28.5 Å². The number of rotatable bonds is 3. The van der Waals surface area contributed by atoms with Gasteiger partial charge in [0.05, 0.1) is 22.9 Å². The van der Waals surface area contributed by atoms with Crippen LogP contribution in [0.1, 0.15) is 12.1 Å².